The molecule has 2 heterocycles. The van der Waals surface area contributed by atoms with E-state index in [1.54, 1.807) is 38.1 Å². The van der Waals surface area contributed by atoms with E-state index >= 15 is 0 Å². The molecular formula is C33H40N4O5S. The molecule has 228 valence electrons. The van der Waals surface area contributed by atoms with Gasteiger partial charge in [-0.25, -0.2) is 13.1 Å². The Labute approximate surface area is 253 Å². The minimum absolute atomic E-state index is 0.139. The maximum atomic E-state index is 13.9. The van der Waals surface area contributed by atoms with E-state index in [2.05, 4.69) is 17.2 Å². The predicted molar refractivity (Wildman–Crippen MR) is 166 cm³/mol. The standard InChI is InChI=1S/C33H40N4O5S/c1-7-17-37-27-16-15-26(22(4)31(27)34-35-37)30(33(5,6)32(38)39)23-14-13-21(3)24(18-23)19-36-20-25(8-2)42-28-11-9-10-12-29(28)43(36,40)41/h9-16,18,25,30H,7-8,17,19-20H2,1-6H3,(H,38,39)/t25-,30?/m1/s1. The molecule has 0 amide bonds. The van der Waals surface area contributed by atoms with Crippen LogP contribution in [-0.2, 0) is 27.9 Å². The summed E-state index contributed by atoms with van der Waals surface area (Å²) in [5.74, 6) is -1.09. The molecule has 0 fully saturated rings. The third-order valence-corrected chi connectivity index (χ3v) is 10.5. The van der Waals surface area contributed by atoms with Crippen molar-refractivity contribution >= 4 is 27.0 Å². The Morgan fingerprint density at radius 1 is 1.12 bits per heavy atom. The molecule has 5 rings (SSSR count). The zero-order valence-corrected chi connectivity index (χ0v) is 26.5. The fraction of sp³-hybridized carbons (Fsp3) is 0.424. The van der Waals surface area contributed by atoms with Crippen LogP contribution in [0.3, 0.4) is 0 Å². The number of aromatic nitrogens is 3. The number of nitrogens with zero attached hydrogens (tertiary/aromatic N) is 4. The molecule has 0 saturated heterocycles. The smallest absolute Gasteiger partial charge is 0.310 e. The molecule has 9 nitrogen and oxygen atoms in total. The van der Waals surface area contributed by atoms with Crippen LogP contribution in [0.25, 0.3) is 11.0 Å². The molecule has 0 radical (unpaired) electrons. The van der Waals surface area contributed by atoms with Crippen LogP contribution in [0, 0.1) is 19.3 Å². The summed E-state index contributed by atoms with van der Waals surface area (Å²) in [6, 6.07) is 16.6. The van der Waals surface area contributed by atoms with Crippen molar-refractivity contribution < 1.29 is 23.1 Å². The van der Waals surface area contributed by atoms with Crippen LogP contribution in [-0.4, -0.2) is 51.4 Å². The van der Waals surface area contributed by atoms with Crippen molar-refractivity contribution in [1.82, 2.24) is 19.3 Å². The highest BCUT2D eigenvalue weighted by atomic mass is 32.2. The molecule has 2 atom stereocenters. The largest absolute Gasteiger partial charge is 0.488 e. The molecule has 1 aliphatic heterocycles. The number of para-hydroxylation sites is 1. The van der Waals surface area contributed by atoms with Gasteiger partial charge in [0, 0.05) is 19.0 Å². The zero-order chi connectivity index (χ0) is 31.1. The van der Waals surface area contributed by atoms with Gasteiger partial charge in [0.1, 0.15) is 22.3 Å². The van der Waals surface area contributed by atoms with Crippen LogP contribution in [0.2, 0.25) is 0 Å². The predicted octanol–water partition coefficient (Wildman–Crippen LogP) is 6.06. The number of rotatable bonds is 9. The zero-order valence-electron chi connectivity index (χ0n) is 25.7. The minimum Gasteiger partial charge on any atom is -0.488 e. The molecule has 0 spiro atoms. The summed E-state index contributed by atoms with van der Waals surface area (Å²) in [6.07, 6.45) is 1.28. The average molecular weight is 605 g/mol. The Hall–Kier alpha value is -3.76. The van der Waals surface area contributed by atoms with E-state index in [0.717, 1.165) is 51.8 Å². The molecule has 0 saturated carbocycles. The first-order valence-electron chi connectivity index (χ1n) is 14.8. The Bertz CT molecular complexity index is 1780. The first-order valence-corrected chi connectivity index (χ1v) is 16.2. The second-order valence-electron chi connectivity index (χ2n) is 12.0. The quantitative estimate of drug-likeness (QED) is 0.247. The van der Waals surface area contributed by atoms with Crippen LogP contribution in [0.4, 0.5) is 0 Å². The summed E-state index contributed by atoms with van der Waals surface area (Å²) in [4.78, 5) is 12.9. The molecule has 3 aromatic carbocycles. The lowest BCUT2D eigenvalue weighted by molar-refractivity contribution is -0.147. The molecule has 4 aromatic rings. The molecule has 43 heavy (non-hydrogen) atoms. The van der Waals surface area contributed by atoms with E-state index in [4.69, 9.17) is 4.74 Å². The van der Waals surface area contributed by atoms with E-state index in [1.807, 2.05) is 55.8 Å². The topological polar surface area (TPSA) is 115 Å². The maximum Gasteiger partial charge on any atom is 0.310 e. The maximum absolute atomic E-state index is 13.9. The lowest BCUT2D eigenvalue weighted by Gasteiger charge is -2.33. The van der Waals surface area contributed by atoms with Gasteiger partial charge >= 0.3 is 5.97 Å². The highest BCUT2D eigenvalue weighted by Gasteiger charge is 2.41. The monoisotopic (exact) mass is 604 g/mol. The van der Waals surface area contributed by atoms with Gasteiger partial charge in [0.05, 0.1) is 17.5 Å². The molecule has 1 aromatic heterocycles. The number of aliphatic carboxylic acids is 1. The van der Waals surface area contributed by atoms with Crippen LogP contribution in [0.5, 0.6) is 5.75 Å². The van der Waals surface area contributed by atoms with E-state index < -0.39 is 27.3 Å². The number of carboxylic acids is 1. The van der Waals surface area contributed by atoms with Crippen molar-refractivity contribution in [3.8, 4) is 5.75 Å². The normalized spacial score (nSPS) is 17.7. The molecule has 0 aliphatic carbocycles. The number of hydrogen-bond acceptors (Lipinski definition) is 6. The van der Waals surface area contributed by atoms with Gasteiger partial charge in [0.25, 0.3) is 0 Å². The number of ether oxygens (including phenoxy) is 1. The summed E-state index contributed by atoms with van der Waals surface area (Å²) in [5, 5.41) is 19.2. The summed E-state index contributed by atoms with van der Waals surface area (Å²) in [6.45, 7) is 12.5. The molecule has 1 unspecified atom stereocenters. The number of fused-ring (bicyclic) bond motifs is 2. The van der Waals surface area contributed by atoms with Crippen LogP contribution in [0.1, 0.15) is 74.3 Å². The van der Waals surface area contributed by atoms with Crippen LogP contribution in [0.15, 0.2) is 59.5 Å². The second kappa shape index (κ2) is 11.7. The Morgan fingerprint density at radius 3 is 2.56 bits per heavy atom. The Morgan fingerprint density at radius 2 is 1.86 bits per heavy atom. The number of aryl methyl sites for hydroxylation is 3. The van der Waals surface area contributed by atoms with Gasteiger partial charge in [0.15, 0.2) is 0 Å². The van der Waals surface area contributed by atoms with Gasteiger partial charge in [-0.15, -0.1) is 5.10 Å². The summed E-state index contributed by atoms with van der Waals surface area (Å²) < 4.78 is 37.2. The van der Waals surface area contributed by atoms with Crippen molar-refractivity contribution in [2.75, 3.05) is 6.54 Å². The van der Waals surface area contributed by atoms with Crippen molar-refractivity contribution in [3.63, 3.8) is 0 Å². The SMILES string of the molecule is CCCn1nnc2c(C)c(C(c3ccc(C)c(CN4C[C@@H](CC)Oc5ccccc5S4(=O)=O)c3)C(C)(C)C(=O)O)ccc21. The summed E-state index contributed by atoms with van der Waals surface area (Å²) in [5.41, 5.74) is 4.76. The fourth-order valence-corrected chi connectivity index (χ4v) is 7.59. The Kier molecular flexibility index (Phi) is 8.37. The number of carbonyl (C=O) groups is 1. The van der Waals surface area contributed by atoms with Crippen LogP contribution >= 0.6 is 0 Å². The fourth-order valence-electron chi connectivity index (χ4n) is 6.02. The molecule has 1 N–H and O–H groups in total. The van der Waals surface area contributed by atoms with Crippen molar-refractivity contribution in [1.29, 1.82) is 0 Å². The molecular weight excluding hydrogens is 564 g/mol. The van der Waals surface area contributed by atoms with E-state index in [0.29, 0.717) is 12.2 Å². The number of carboxylic acid groups (broad SMARTS) is 1. The summed E-state index contributed by atoms with van der Waals surface area (Å²) in [7, 11) is -3.84. The lowest BCUT2D eigenvalue weighted by Crippen LogP contribution is -2.36. The van der Waals surface area contributed by atoms with Crippen molar-refractivity contribution in [2.24, 2.45) is 5.41 Å². The number of hydrogen-bond donors (Lipinski definition) is 1. The van der Waals surface area contributed by atoms with E-state index in [-0.39, 0.29) is 24.1 Å². The highest BCUT2D eigenvalue weighted by molar-refractivity contribution is 7.89. The number of sulfonamides is 1. The van der Waals surface area contributed by atoms with Gasteiger partial charge in [-0.3, -0.25) is 4.79 Å². The molecule has 10 heteroatoms. The van der Waals surface area contributed by atoms with Gasteiger partial charge in [-0.2, -0.15) is 4.31 Å². The van der Waals surface area contributed by atoms with Gasteiger partial charge in [0.2, 0.25) is 10.0 Å². The van der Waals surface area contributed by atoms with Gasteiger partial charge in [-0.05, 0) is 86.6 Å². The second-order valence-corrected chi connectivity index (χ2v) is 13.9. The molecule has 0 bridgehead atoms. The minimum atomic E-state index is -3.84. The highest BCUT2D eigenvalue weighted by Crippen LogP contribution is 2.44. The van der Waals surface area contributed by atoms with Gasteiger partial charge < -0.3 is 9.84 Å². The van der Waals surface area contributed by atoms with Crippen LogP contribution < -0.4 is 4.74 Å². The first-order chi connectivity index (χ1) is 20.4. The third-order valence-electron chi connectivity index (χ3n) is 8.68. The first kappa shape index (κ1) is 30.7. The molecule has 1 aliphatic rings. The third kappa shape index (κ3) is 5.54. The van der Waals surface area contributed by atoms with Crippen molar-refractivity contribution in [2.45, 2.75) is 84.4 Å². The summed E-state index contributed by atoms with van der Waals surface area (Å²) >= 11 is 0. The van der Waals surface area contributed by atoms with E-state index in [1.165, 1.54) is 4.31 Å². The lowest BCUT2D eigenvalue weighted by atomic mass is 9.69. The number of benzene rings is 3. The Balaban J connectivity index is 1.61. The average Bonchev–Trinajstić information content (AvgIpc) is 3.34. The van der Waals surface area contributed by atoms with E-state index in [9.17, 15) is 18.3 Å². The van der Waals surface area contributed by atoms with Crippen molar-refractivity contribution in [3.05, 3.63) is 82.4 Å². The van der Waals surface area contributed by atoms with Gasteiger partial charge in [-0.1, -0.05) is 55.5 Å².